The fourth-order valence-corrected chi connectivity index (χ4v) is 5.91. The van der Waals surface area contributed by atoms with Crippen molar-refractivity contribution in [1.29, 1.82) is 0 Å². The molecule has 1 aliphatic heterocycles. The number of benzene rings is 3. The van der Waals surface area contributed by atoms with Gasteiger partial charge in [-0.25, -0.2) is 9.59 Å². The molecule has 2 atom stereocenters. The Labute approximate surface area is 307 Å². The molecule has 224 valence electrons. The molecule has 0 spiro atoms. The van der Waals surface area contributed by atoms with Crippen molar-refractivity contribution in [2.75, 3.05) is 20.5 Å². The third-order valence-electron chi connectivity index (χ3n) is 7.76. The van der Waals surface area contributed by atoms with Crippen molar-refractivity contribution in [3.63, 3.8) is 0 Å². The number of methoxy groups -OCH3 is 1. The summed E-state index contributed by atoms with van der Waals surface area (Å²) in [7, 11) is 1.57. The van der Waals surface area contributed by atoms with E-state index in [0.29, 0.717) is 51.9 Å². The van der Waals surface area contributed by atoms with Crippen LogP contribution in [0.15, 0.2) is 73.1 Å². The van der Waals surface area contributed by atoms with Crippen LogP contribution in [0.2, 0.25) is 0 Å². The fraction of sp³-hybridized carbons (Fsp3) is 0.242. The monoisotopic (exact) mass is 631 g/mol. The summed E-state index contributed by atoms with van der Waals surface area (Å²) in [5.41, 5.74) is 1.21. The van der Waals surface area contributed by atoms with Gasteiger partial charge in [0, 0.05) is 23.7 Å². The second-order valence-corrected chi connectivity index (χ2v) is 10.3. The summed E-state index contributed by atoms with van der Waals surface area (Å²) in [5.74, 6) is -1.39. The summed E-state index contributed by atoms with van der Waals surface area (Å²) in [4.78, 5) is 29.7. The van der Waals surface area contributed by atoms with E-state index in [-0.39, 0.29) is 86.5 Å². The molecule has 0 saturated carbocycles. The molecule has 10 nitrogen and oxygen atoms in total. The van der Waals surface area contributed by atoms with Gasteiger partial charge in [-0.3, -0.25) is 4.98 Å². The molecule has 1 aliphatic carbocycles. The Bertz CT molecular complexity index is 1740. The van der Waals surface area contributed by atoms with Crippen molar-refractivity contribution < 1.29 is 105 Å². The van der Waals surface area contributed by atoms with Crippen LogP contribution in [0.4, 0.5) is 0 Å². The molecule has 3 aromatic carbocycles. The maximum atomic E-state index is 13.5. The van der Waals surface area contributed by atoms with Gasteiger partial charge in [-0.1, -0.05) is 37.3 Å². The number of carboxylic acids is 2. The molecule has 2 unspecified atom stereocenters. The Morgan fingerprint density at radius 2 is 1.78 bits per heavy atom. The molecule has 0 bridgehead atoms. The van der Waals surface area contributed by atoms with E-state index in [2.05, 4.69) is 4.98 Å². The number of rotatable bonds is 10. The summed E-state index contributed by atoms with van der Waals surface area (Å²) < 4.78 is 29.4. The second-order valence-electron chi connectivity index (χ2n) is 10.3. The van der Waals surface area contributed by atoms with Gasteiger partial charge >= 0.3 is 71.1 Å². The average Bonchev–Trinajstić information content (AvgIpc) is 3.62. The predicted octanol–water partition coefficient (Wildman–Crippen LogP) is -0.204. The minimum atomic E-state index is -1.97. The van der Waals surface area contributed by atoms with Crippen LogP contribution in [0.5, 0.6) is 28.7 Å². The van der Waals surface area contributed by atoms with Crippen molar-refractivity contribution in [3.05, 3.63) is 95.3 Å². The van der Waals surface area contributed by atoms with Gasteiger partial charge in [-0.05, 0) is 53.4 Å². The molecule has 0 fully saturated rings. The van der Waals surface area contributed by atoms with Crippen molar-refractivity contribution in [2.45, 2.75) is 31.3 Å². The van der Waals surface area contributed by atoms with Gasteiger partial charge in [0.15, 0.2) is 17.2 Å². The number of aliphatic carboxylic acids is 1. The van der Waals surface area contributed by atoms with Crippen molar-refractivity contribution in [2.24, 2.45) is 0 Å². The summed E-state index contributed by atoms with van der Waals surface area (Å²) >= 11 is 0. The van der Waals surface area contributed by atoms with E-state index in [1.54, 1.807) is 25.3 Å². The van der Waals surface area contributed by atoms with Gasteiger partial charge in [0.1, 0.15) is 17.1 Å². The number of pyridine rings is 1. The number of ether oxygens (including phenoxy) is 5. The quantitative estimate of drug-likeness (QED) is 0.227. The molecular weight excluding hydrogens is 600 g/mol. The first kappa shape index (κ1) is 34.6. The molecule has 0 saturated heterocycles. The van der Waals surface area contributed by atoms with E-state index in [9.17, 15) is 19.8 Å². The molecule has 45 heavy (non-hydrogen) atoms. The number of para-hydroxylation sites is 1. The summed E-state index contributed by atoms with van der Waals surface area (Å²) in [5, 5.41) is 20.9. The number of carbonyl (C=O) groups is 2. The Balaban J connectivity index is 0.00000192. The van der Waals surface area contributed by atoms with E-state index in [1.165, 1.54) is 18.5 Å². The maximum Gasteiger partial charge on any atom is 1.00 e. The molecule has 2 heterocycles. The Hall–Kier alpha value is -3.25. The van der Waals surface area contributed by atoms with Crippen LogP contribution in [0, 0.1) is 0 Å². The fourth-order valence-electron chi connectivity index (χ4n) is 5.91. The number of fused-ring (bicyclic) bond motifs is 2. The second kappa shape index (κ2) is 14.5. The number of aromatic carboxylic acids is 1. The smallest absolute Gasteiger partial charge is 1.00 e. The van der Waals surface area contributed by atoms with Crippen molar-refractivity contribution in [1.82, 2.24) is 4.98 Å². The van der Waals surface area contributed by atoms with Gasteiger partial charge in [0.2, 0.25) is 12.4 Å². The number of carboxylic acid groups (broad SMARTS) is 2. The maximum absolute atomic E-state index is 13.5. The average molecular weight is 632 g/mol. The van der Waals surface area contributed by atoms with E-state index in [4.69, 9.17) is 23.7 Å². The first-order valence-electron chi connectivity index (χ1n) is 13.8. The van der Waals surface area contributed by atoms with Gasteiger partial charge in [0.25, 0.3) is 0 Å². The topological polar surface area (TPSA) is 134 Å². The first-order valence-corrected chi connectivity index (χ1v) is 13.8. The Morgan fingerprint density at radius 1 is 1.00 bits per heavy atom. The molecule has 4 aromatic rings. The number of nitrogens with zero attached hydrogens (tertiary/aromatic N) is 1. The third-order valence-corrected chi connectivity index (χ3v) is 7.76. The number of aromatic nitrogens is 1. The molecule has 6 rings (SSSR count). The van der Waals surface area contributed by atoms with Crippen LogP contribution in [0.1, 0.15) is 49.2 Å². The van der Waals surface area contributed by atoms with E-state index in [1.807, 2.05) is 43.3 Å². The Kier molecular flexibility index (Phi) is 11.1. The zero-order chi connectivity index (χ0) is 30.1. The van der Waals surface area contributed by atoms with Crippen LogP contribution >= 0.6 is 0 Å². The summed E-state index contributed by atoms with van der Waals surface area (Å²) in [6.45, 7) is 2.50. The SMILES string of the molecule is CCCOc1ccc2c(c1-c1ccccc1OC)CC(Oc1cnccc1C(=O)O)(C(=O)O)C2c1ccc2c(c1)OCO2.[H-].[H-].[Na+].[Na+]. The first-order chi connectivity index (χ1) is 20.9. The zero-order valence-corrected chi connectivity index (χ0v) is 29.5. The molecule has 0 amide bonds. The van der Waals surface area contributed by atoms with E-state index >= 15 is 0 Å². The van der Waals surface area contributed by atoms with Crippen LogP contribution in [-0.4, -0.2) is 53.2 Å². The van der Waals surface area contributed by atoms with Crippen LogP contribution in [0.25, 0.3) is 11.1 Å². The molecule has 1 aromatic heterocycles. The van der Waals surface area contributed by atoms with Gasteiger partial charge in [-0.15, -0.1) is 0 Å². The van der Waals surface area contributed by atoms with Gasteiger partial charge < -0.3 is 36.8 Å². The van der Waals surface area contributed by atoms with Gasteiger partial charge in [-0.2, -0.15) is 0 Å². The van der Waals surface area contributed by atoms with Crippen molar-refractivity contribution in [3.8, 4) is 39.9 Å². The van der Waals surface area contributed by atoms with E-state index in [0.717, 1.165) is 12.0 Å². The summed E-state index contributed by atoms with van der Waals surface area (Å²) in [6.07, 6.45) is 3.20. The molecule has 12 heteroatoms. The Morgan fingerprint density at radius 3 is 2.51 bits per heavy atom. The van der Waals surface area contributed by atoms with Crippen LogP contribution in [0.3, 0.4) is 0 Å². The molecule has 2 aliphatic rings. The van der Waals surface area contributed by atoms with Crippen molar-refractivity contribution >= 4 is 11.9 Å². The van der Waals surface area contributed by atoms with E-state index < -0.39 is 23.5 Å². The van der Waals surface area contributed by atoms with Gasteiger partial charge in [0.05, 0.1) is 25.8 Å². The minimum Gasteiger partial charge on any atom is -1.00 e. The molecule has 2 N–H and O–H groups in total. The predicted molar refractivity (Wildman–Crippen MR) is 157 cm³/mol. The zero-order valence-electron chi connectivity index (χ0n) is 27.5. The third kappa shape index (κ3) is 6.27. The number of hydrogen-bond donors (Lipinski definition) is 2. The summed E-state index contributed by atoms with van der Waals surface area (Å²) in [6, 6.07) is 17.7. The molecule has 0 radical (unpaired) electrons. The van der Waals surface area contributed by atoms with Crippen LogP contribution in [-0.2, 0) is 11.2 Å². The van der Waals surface area contributed by atoms with Crippen LogP contribution < -0.4 is 82.8 Å². The standard InChI is InChI=1S/C33H29NO9.2Na.2H/c1-3-14-40-26-11-9-20-23(29(26)21-6-4-5-7-24(21)39-2)16-33(32(37)38,43-28-17-34-13-12-22(28)31(35)36)30(20)19-8-10-25-27(15-19)42-18-41-25;;;;/h4-13,15,17,30H,3,14,16,18H2,1-2H3,(H,35,36)(H,37,38);;;;/q;2*+1;2*-1. The normalized spacial score (nSPS) is 17.3. The number of hydrogen-bond acceptors (Lipinski definition) is 8. The minimum absolute atomic E-state index is 0. The molecular formula is C33H31NNa2O9. The largest absolute Gasteiger partial charge is 1.00 e.